The first kappa shape index (κ1) is 20.8. The molecule has 3 heterocycles. The lowest BCUT2D eigenvalue weighted by atomic mass is 9.83. The molecule has 0 radical (unpaired) electrons. The minimum absolute atomic E-state index is 0.289. The number of benzene rings is 1. The molecule has 172 valence electrons. The Balaban J connectivity index is 1.29. The van der Waals surface area contributed by atoms with Crippen LogP contribution in [0.5, 0.6) is 0 Å². The zero-order valence-electron chi connectivity index (χ0n) is 19.7. The van der Waals surface area contributed by atoms with Crippen molar-refractivity contribution in [3.05, 3.63) is 35.0 Å². The molecule has 0 unspecified atom stereocenters. The summed E-state index contributed by atoms with van der Waals surface area (Å²) >= 11 is 0. The molecule has 4 heteroatoms. The van der Waals surface area contributed by atoms with E-state index in [-0.39, 0.29) is 6.04 Å². The quantitative estimate of drug-likeness (QED) is 0.613. The first-order chi connectivity index (χ1) is 15.8. The summed E-state index contributed by atoms with van der Waals surface area (Å²) in [5, 5.41) is 1.49. The van der Waals surface area contributed by atoms with Crippen LogP contribution in [0.3, 0.4) is 0 Å². The summed E-state index contributed by atoms with van der Waals surface area (Å²) in [5.41, 5.74) is 6.01. The minimum Gasteiger partial charge on any atom is -0.341 e. The SMILES string of the molecule is O=C(CN1CCCCCC1)N1CCn2c3c(c4cc(C5CCCCC5)ccc42)CCC[C@@H]31. The number of aryl methyl sites for hydroxylation is 1. The van der Waals surface area contributed by atoms with Crippen molar-refractivity contribution in [1.29, 1.82) is 0 Å². The van der Waals surface area contributed by atoms with Crippen LogP contribution in [0.4, 0.5) is 0 Å². The van der Waals surface area contributed by atoms with Crippen LogP contribution < -0.4 is 0 Å². The van der Waals surface area contributed by atoms with Crippen molar-refractivity contribution >= 4 is 16.8 Å². The van der Waals surface area contributed by atoms with Crippen molar-refractivity contribution in [2.24, 2.45) is 0 Å². The van der Waals surface area contributed by atoms with E-state index in [0.717, 1.165) is 38.5 Å². The third kappa shape index (κ3) is 3.69. The molecule has 2 fully saturated rings. The number of hydrogen-bond donors (Lipinski definition) is 0. The van der Waals surface area contributed by atoms with Gasteiger partial charge in [-0.1, -0.05) is 38.2 Å². The highest BCUT2D eigenvalue weighted by Gasteiger charge is 2.37. The third-order valence-electron chi connectivity index (χ3n) is 8.85. The second-order valence-electron chi connectivity index (χ2n) is 10.8. The largest absolute Gasteiger partial charge is 0.341 e. The van der Waals surface area contributed by atoms with Crippen LogP contribution in [-0.2, 0) is 17.8 Å². The highest BCUT2D eigenvalue weighted by atomic mass is 16.2. The molecule has 0 N–H and O–H groups in total. The number of fused-ring (bicyclic) bond motifs is 3. The van der Waals surface area contributed by atoms with Crippen LogP contribution >= 0.6 is 0 Å². The molecule has 1 aromatic heterocycles. The monoisotopic (exact) mass is 433 g/mol. The Labute approximate surface area is 192 Å². The van der Waals surface area contributed by atoms with E-state index in [1.807, 2.05) is 0 Å². The van der Waals surface area contributed by atoms with Gasteiger partial charge in [-0.15, -0.1) is 0 Å². The van der Waals surface area contributed by atoms with E-state index in [2.05, 4.69) is 32.6 Å². The molecule has 1 saturated heterocycles. The van der Waals surface area contributed by atoms with Gasteiger partial charge in [-0.25, -0.2) is 0 Å². The van der Waals surface area contributed by atoms with Crippen LogP contribution in [0.15, 0.2) is 18.2 Å². The zero-order valence-corrected chi connectivity index (χ0v) is 19.7. The average Bonchev–Trinajstić information content (AvgIpc) is 2.97. The number of rotatable bonds is 3. The Morgan fingerprint density at radius 1 is 0.844 bits per heavy atom. The van der Waals surface area contributed by atoms with Crippen LogP contribution in [0.2, 0.25) is 0 Å². The second-order valence-corrected chi connectivity index (χ2v) is 10.8. The lowest BCUT2D eigenvalue weighted by Crippen LogP contribution is -2.47. The molecule has 32 heavy (non-hydrogen) atoms. The summed E-state index contributed by atoms with van der Waals surface area (Å²) < 4.78 is 2.58. The van der Waals surface area contributed by atoms with Gasteiger partial charge in [0, 0.05) is 29.7 Å². The fraction of sp³-hybridized carbons (Fsp3) is 0.679. The summed E-state index contributed by atoms with van der Waals surface area (Å²) in [6.45, 7) is 4.64. The number of nitrogens with zero attached hydrogens (tertiary/aromatic N) is 3. The maximum absolute atomic E-state index is 13.4. The van der Waals surface area contributed by atoms with Gasteiger partial charge in [-0.2, -0.15) is 0 Å². The summed E-state index contributed by atoms with van der Waals surface area (Å²) in [6, 6.07) is 7.65. The van der Waals surface area contributed by atoms with Gasteiger partial charge in [-0.3, -0.25) is 9.69 Å². The van der Waals surface area contributed by atoms with Gasteiger partial charge in [0.2, 0.25) is 5.91 Å². The average molecular weight is 434 g/mol. The maximum Gasteiger partial charge on any atom is 0.237 e. The highest BCUT2D eigenvalue weighted by Crippen LogP contribution is 2.44. The number of hydrogen-bond acceptors (Lipinski definition) is 2. The molecule has 0 spiro atoms. The molecular formula is C28H39N3O. The van der Waals surface area contributed by atoms with Crippen LogP contribution in [-0.4, -0.2) is 46.5 Å². The maximum atomic E-state index is 13.4. The topological polar surface area (TPSA) is 28.5 Å². The van der Waals surface area contributed by atoms with E-state index >= 15 is 0 Å². The zero-order chi connectivity index (χ0) is 21.5. The number of aromatic nitrogens is 1. The Hall–Kier alpha value is -1.81. The second kappa shape index (κ2) is 8.85. The standard InChI is InChI=1S/C28H39N3O/c32-27(20-29-15-6-1-2-7-16-29)30-17-18-31-25-14-13-22(21-9-4-3-5-10-21)19-24(25)23-11-8-12-26(30)28(23)31/h13-14,19,21,26H,1-12,15-18,20H2/t26-/m0/s1. The molecule has 1 saturated carbocycles. The molecule has 2 aliphatic heterocycles. The third-order valence-corrected chi connectivity index (χ3v) is 8.85. The van der Waals surface area contributed by atoms with Crippen molar-refractivity contribution < 1.29 is 4.79 Å². The fourth-order valence-electron chi connectivity index (χ4n) is 7.19. The minimum atomic E-state index is 0.289. The lowest BCUT2D eigenvalue weighted by molar-refractivity contribution is -0.136. The Kier molecular flexibility index (Phi) is 5.75. The van der Waals surface area contributed by atoms with Gasteiger partial charge >= 0.3 is 0 Å². The molecule has 2 aliphatic carbocycles. The number of carbonyl (C=O) groups is 1. The molecular weight excluding hydrogens is 394 g/mol. The van der Waals surface area contributed by atoms with Crippen molar-refractivity contribution in [3.8, 4) is 0 Å². The van der Waals surface area contributed by atoms with Crippen molar-refractivity contribution in [2.75, 3.05) is 26.2 Å². The number of likely N-dealkylation sites (tertiary alicyclic amines) is 1. The molecule has 1 aromatic carbocycles. The van der Waals surface area contributed by atoms with E-state index in [4.69, 9.17) is 0 Å². The van der Waals surface area contributed by atoms with Crippen LogP contribution in [0.25, 0.3) is 10.9 Å². The van der Waals surface area contributed by atoms with Crippen molar-refractivity contribution in [2.45, 2.75) is 95.6 Å². The summed E-state index contributed by atoms with van der Waals surface area (Å²) in [7, 11) is 0. The van der Waals surface area contributed by atoms with E-state index in [1.54, 1.807) is 11.1 Å². The van der Waals surface area contributed by atoms with Crippen LogP contribution in [0, 0.1) is 0 Å². The molecule has 4 aliphatic rings. The molecule has 6 rings (SSSR count). The Bertz CT molecular complexity index is 978. The Morgan fingerprint density at radius 2 is 1.62 bits per heavy atom. The molecule has 2 aromatic rings. The summed E-state index contributed by atoms with van der Waals surface area (Å²) in [4.78, 5) is 18.1. The van der Waals surface area contributed by atoms with Gasteiger partial charge in [-0.05, 0) is 87.2 Å². The van der Waals surface area contributed by atoms with Crippen LogP contribution in [0.1, 0.15) is 99.4 Å². The van der Waals surface area contributed by atoms with Gasteiger partial charge in [0.1, 0.15) is 0 Å². The summed E-state index contributed by atoms with van der Waals surface area (Å²) in [6.07, 6.45) is 15.6. The smallest absolute Gasteiger partial charge is 0.237 e. The molecule has 4 nitrogen and oxygen atoms in total. The van der Waals surface area contributed by atoms with Crippen molar-refractivity contribution in [3.63, 3.8) is 0 Å². The van der Waals surface area contributed by atoms with Gasteiger partial charge in [0.15, 0.2) is 0 Å². The van der Waals surface area contributed by atoms with Gasteiger partial charge < -0.3 is 9.47 Å². The van der Waals surface area contributed by atoms with Gasteiger partial charge in [0.25, 0.3) is 0 Å². The summed E-state index contributed by atoms with van der Waals surface area (Å²) in [5.74, 6) is 1.12. The lowest BCUT2D eigenvalue weighted by Gasteiger charge is -2.40. The predicted octanol–water partition coefficient (Wildman–Crippen LogP) is 5.78. The highest BCUT2D eigenvalue weighted by molar-refractivity contribution is 5.88. The first-order valence-corrected chi connectivity index (χ1v) is 13.5. The molecule has 0 bridgehead atoms. The Morgan fingerprint density at radius 3 is 2.44 bits per heavy atom. The van der Waals surface area contributed by atoms with E-state index < -0.39 is 0 Å². The van der Waals surface area contributed by atoms with E-state index in [1.165, 1.54) is 87.2 Å². The number of amides is 1. The van der Waals surface area contributed by atoms with E-state index in [9.17, 15) is 4.79 Å². The molecule has 1 amide bonds. The van der Waals surface area contributed by atoms with Crippen molar-refractivity contribution in [1.82, 2.24) is 14.4 Å². The normalized spacial score (nSPS) is 25.0. The first-order valence-electron chi connectivity index (χ1n) is 13.5. The molecule has 1 atom stereocenters. The van der Waals surface area contributed by atoms with Gasteiger partial charge in [0.05, 0.1) is 12.6 Å². The number of carbonyl (C=O) groups excluding carboxylic acids is 1. The van der Waals surface area contributed by atoms with E-state index in [0.29, 0.717) is 12.5 Å². The fourth-order valence-corrected chi connectivity index (χ4v) is 7.19. The predicted molar refractivity (Wildman–Crippen MR) is 130 cm³/mol.